The number of nitrogens with zero attached hydrogens (tertiary/aromatic N) is 1. The molecule has 1 nitrogen and oxygen atoms in total. The minimum Gasteiger partial charge on any atom is -0.256 e. The van der Waals surface area contributed by atoms with Gasteiger partial charge in [0, 0.05) is 11.8 Å². The van der Waals surface area contributed by atoms with Crippen LogP contribution in [0.4, 0.5) is 0 Å². The molecule has 2 atom stereocenters. The molecule has 0 aliphatic heterocycles. The molecule has 0 N–H and O–H groups in total. The van der Waals surface area contributed by atoms with Crippen molar-refractivity contribution in [3.8, 4) is 11.3 Å². The lowest BCUT2D eigenvalue weighted by atomic mass is 9.75. The van der Waals surface area contributed by atoms with E-state index in [1.807, 2.05) is 0 Å². The van der Waals surface area contributed by atoms with E-state index in [1.165, 1.54) is 48.8 Å². The van der Waals surface area contributed by atoms with Gasteiger partial charge in [0.2, 0.25) is 0 Å². The van der Waals surface area contributed by atoms with Gasteiger partial charge < -0.3 is 0 Å². The van der Waals surface area contributed by atoms with Gasteiger partial charge in [-0.05, 0) is 88.2 Å². The Bertz CT molecular complexity index is 951. The molecule has 5 rings (SSSR count). The number of pyridine rings is 1. The van der Waals surface area contributed by atoms with E-state index in [2.05, 4.69) is 72.0 Å². The van der Waals surface area contributed by atoms with Crippen LogP contribution < -0.4 is 0 Å². The Morgan fingerprint density at radius 3 is 2.30 bits per heavy atom. The third kappa shape index (κ3) is 2.20. The van der Waals surface area contributed by atoms with E-state index in [0.29, 0.717) is 10.8 Å². The largest absolute Gasteiger partial charge is 0.256 e. The Morgan fingerprint density at radius 1 is 0.815 bits per heavy atom. The SMILES string of the molecule is CCC12CCC(C)(C1)c1cc(-c3cc4c(cn3)C(C)(C)CC4(C)C)ccc12. The second kappa shape index (κ2) is 5.04. The summed E-state index contributed by atoms with van der Waals surface area (Å²) >= 11 is 0. The number of hydrogen-bond acceptors (Lipinski definition) is 1. The van der Waals surface area contributed by atoms with E-state index in [9.17, 15) is 0 Å². The number of aromatic nitrogens is 1. The minimum atomic E-state index is 0.225. The predicted octanol–water partition coefficient (Wildman–Crippen LogP) is 6.81. The Hall–Kier alpha value is -1.63. The molecule has 3 aliphatic carbocycles. The molecule has 2 unspecified atom stereocenters. The summed E-state index contributed by atoms with van der Waals surface area (Å²) < 4.78 is 0. The predicted molar refractivity (Wildman–Crippen MR) is 114 cm³/mol. The first-order chi connectivity index (χ1) is 12.6. The highest BCUT2D eigenvalue weighted by Crippen LogP contribution is 2.62. The number of fused-ring (bicyclic) bond motifs is 6. The van der Waals surface area contributed by atoms with Crippen LogP contribution in [0.15, 0.2) is 30.5 Å². The summed E-state index contributed by atoms with van der Waals surface area (Å²) in [6, 6.07) is 9.63. The van der Waals surface area contributed by atoms with E-state index in [0.717, 1.165) is 5.69 Å². The summed E-state index contributed by atoms with van der Waals surface area (Å²) in [4.78, 5) is 4.93. The van der Waals surface area contributed by atoms with Crippen molar-refractivity contribution in [1.82, 2.24) is 4.98 Å². The third-order valence-electron chi connectivity index (χ3n) is 8.34. The van der Waals surface area contributed by atoms with Gasteiger partial charge in [0.25, 0.3) is 0 Å². The summed E-state index contributed by atoms with van der Waals surface area (Å²) in [6.45, 7) is 14.4. The Morgan fingerprint density at radius 2 is 1.56 bits per heavy atom. The van der Waals surface area contributed by atoms with Crippen LogP contribution in [-0.2, 0) is 21.7 Å². The van der Waals surface area contributed by atoms with Crippen molar-refractivity contribution >= 4 is 0 Å². The summed E-state index contributed by atoms with van der Waals surface area (Å²) in [6.07, 6.45) is 8.68. The van der Waals surface area contributed by atoms with Crippen LogP contribution in [0.2, 0.25) is 0 Å². The molecule has 0 radical (unpaired) electrons. The zero-order valence-electron chi connectivity index (χ0n) is 17.9. The fourth-order valence-corrected chi connectivity index (χ4v) is 7.06. The van der Waals surface area contributed by atoms with Gasteiger partial charge in [0.05, 0.1) is 5.69 Å². The zero-order valence-corrected chi connectivity index (χ0v) is 17.9. The second-order valence-corrected chi connectivity index (χ2v) is 11.2. The van der Waals surface area contributed by atoms with Crippen LogP contribution in [0.3, 0.4) is 0 Å². The monoisotopic (exact) mass is 359 g/mol. The van der Waals surface area contributed by atoms with Gasteiger partial charge in [0.1, 0.15) is 0 Å². The molecule has 3 aliphatic rings. The van der Waals surface area contributed by atoms with Crippen molar-refractivity contribution in [2.24, 2.45) is 0 Å². The first-order valence-electron chi connectivity index (χ1n) is 10.8. The second-order valence-electron chi connectivity index (χ2n) is 11.2. The third-order valence-corrected chi connectivity index (χ3v) is 8.34. The topological polar surface area (TPSA) is 12.9 Å². The van der Waals surface area contributed by atoms with E-state index in [1.54, 1.807) is 11.1 Å². The molecule has 142 valence electrons. The molecule has 1 aromatic carbocycles. The summed E-state index contributed by atoms with van der Waals surface area (Å²) in [5.41, 5.74) is 9.90. The average Bonchev–Trinajstić information content (AvgIpc) is 3.17. The summed E-state index contributed by atoms with van der Waals surface area (Å²) in [5, 5.41) is 0. The molecule has 1 heteroatoms. The van der Waals surface area contributed by atoms with Gasteiger partial charge in [-0.3, -0.25) is 4.98 Å². The Labute approximate surface area is 164 Å². The molecule has 0 spiro atoms. The quantitative estimate of drug-likeness (QED) is 0.574. The first kappa shape index (κ1) is 17.5. The molecule has 1 fully saturated rings. The molecular formula is C26H33N. The number of benzene rings is 1. The van der Waals surface area contributed by atoms with Crippen LogP contribution >= 0.6 is 0 Å². The zero-order chi connectivity index (χ0) is 19.2. The lowest BCUT2D eigenvalue weighted by Gasteiger charge is -2.29. The van der Waals surface area contributed by atoms with Crippen molar-refractivity contribution in [2.75, 3.05) is 0 Å². The van der Waals surface area contributed by atoms with Gasteiger partial charge in [-0.25, -0.2) is 0 Å². The highest BCUT2D eigenvalue weighted by atomic mass is 14.7. The van der Waals surface area contributed by atoms with Crippen LogP contribution in [0, 0.1) is 0 Å². The Kier molecular flexibility index (Phi) is 3.26. The van der Waals surface area contributed by atoms with E-state index < -0.39 is 0 Å². The molecular weight excluding hydrogens is 326 g/mol. The Balaban J connectivity index is 1.63. The lowest BCUT2D eigenvalue weighted by molar-refractivity contribution is 0.403. The molecule has 2 aromatic rings. The van der Waals surface area contributed by atoms with Crippen LogP contribution in [-0.4, -0.2) is 4.98 Å². The normalized spacial score (nSPS) is 31.8. The maximum atomic E-state index is 4.93. The minimum absolute atomic E-state index is 0.225. The molecule has 1 saturated carbocycles. The molecule has 1 heterocycles. The van der Waals surface area contributed by atoms with Gasteiger partial charge in [-0.1, -0.05) is 53.7 Å². The molecule has 0 saturated heterocycles. The molecule has 1 aromatic heterocycles. The van der Waals surface area contributed by atoms with Crippen LogP contribution in [0.1, 0.15) is 95.9 Å². The lowest BCUT2D eigenvalue weighted by Crippen LogP contribution is -2.20. The van der Waals surface area contributed by atoms with Gasteiger partial charge in [0.15, 0.2) is 0 Å². The highest BCUT2D eigenvalue weighted by Gasteiger charge is 2.54. The van der Waals surface area contributed by atoms with Crippen molar-refractivity contribution in [1.29, 1.82) is 0 Å². The van der Waals surface area contributed by atoms with Crippen molar-refractivity contribution in [3.05, 3.63) is 52.7 Å². The van der Waals surface area contributed by atoms with Gasteiger partial charge in [-0.15, -0.1) is 0 Å². The van der Waals surface area contributed by atoms with E-state index in [-0.39, 0.29) is 10.8 Å². The van der Waals surface area contributed by atoms with Gasteiger partial charge in [-0.2, -0.15) is 0 Å². The van der Waals surface area contributed by atoms with Crippen molar-refractivity contribution < 1.29 is 0 Å². The molecule has 27 heavy (non-hydrogen) atoms. The molecule has 0 amide bonds. The molecule has 2 bridgehead atoms. The fraction of sp³-hybridized carbons (Fsp3) is 0.577. The standard InChI is InChI=1S/C26H33N/c1-7-26-11-10-25(6,16-26)20-12-17(8-9-18(20)26)22-13-19-21(14-27-22)24(4,5)15-23(19,2)3/h8-9,12-14H,7,10-11,15-16H2,1-6H3. The fourth-order valence-electron chi connectivity index (χ4n) is 7.06. The van der Waals surface area contributed by atoms with Crippen LogP contribution in [0.25, 0.3) is 11.3 Å². The summed E-state index contributed by atoms with van der Waals surface area (Å²) in [7, 11) is 0. The summed E-state index contributed by atoms with van der Waals surface area (Å²) in [5.74, 6) is 0. The van der Waals surface area contributed by atoms with E-state index >= 15 is 0 Å². The van der Waals surface area contributed by atoms with E-state index in [4.69, 9.17) is 4.98 Å². The maximum Gasteiger partial charge on any atom is 0.0705 e. The van der Waals surface area contributed by atoms with Crippen molar-refractivity contribution in [3.63, 3.8) is 0 Å². The highest BCUT2D eigenvalue weighted by molar-refractivity contribution is 5.66. The smallest absolute Gasteiger partial charge is 0.0705 e. The average molecular weight is 360 g/mol. The van der Waals surface area contributed by atoms with Crippen LogP contribution in [0.5, 0.6) is 0 Å². The number of hydrogen-bond donors (Lipinski definition) is 0. The van der Waals surface area contributed by atoms with Crippen molar-refractivity contribution in [2.45, 2.75) is 95.3 Å². The first-order valence-corrected chi connectivity index (χ1v) is 10.8. The number of rotatable bonds is 2. The maximum absolute atomic E-state index is 4.93. The van der Waals surface area contributed by atoms with Gasteiger partial charge >= 0.3 is 0 Å².